The van der Waals surface area contributed by atoms with E-state index < -0.39 is 69.8 Å². The summed E-state index contributed by atoms with van der Waals surface area (Å²) >= 11 is 0. The monoisotopic (exact) mass is 581 g/mol. The van der Waals surface area contributed by atoms with E-state index in [1.54, 1.807) is 25.3 Å². The molecule has 0 saturated heterocycles. The molecule has 3 unspecified atom stereocenters. The van der Waals surface area contributed by atoms with E-state index in [-0.39, 0.29) is 30.1 Å². The molecule has 11 nitrogen and oxygen atoms in total. The van der Waals surface area contributed by atoms with Crippen LogP contribution in [-0.4, -0.2) is 53.1 Å². The largest absolute Gasteiger partial charge is 0.482 e. The Labute approximate surface area is 242 Å². The number of hydrogen-bond donors (Lipinski definition) is 0. The van der Waals surface area contributed by atoms with E-state index in [0.29, 0.717) is 18.4 Å². The summed E-state index contributed by atoms with van der Waals surface area (Å²) in [5.41, 5.74) is -3.66. The number of esters is 3. The average Bonchev–Trinajstić information content (AvgIpc) is 2.90. The van der Waals surface area contributed by atoms with E-state index >= 15 is 0 Å². The first-order valence-corrected chi connectivity index (χ1v) is 14.0. The van der Waals surface area contributed by atoms with Crippen LogP contribution in [0.15, 0.2) is 39.8 Å². The smallest absolute Gasteiger partial charge is 0.351 e. The fourth-order valence-corrected chi connectivity index (χ4v) is 7.80. The summed E-state index contributed by atoms with van der Waals surface area (Å²) in [6.45, 7) is 9.33. The zero-order valence-corrected chi connectivity index (χ0v) is 24.6. The average molecular weight is 582 g/mol. The van der Waals surface area contributed by atoms with Gasteiger partial charge in [0.25, 0.3) is 0 Å². The van der Waals surface area contributed by atoms with E-state index in [1.807, 2.05) is 13.8 Å². The van der Waals surface area contributed by atoms with Gasteiger partial charge in [0.05, 0.1) is 5.92 Å². The van der Waals surface area contributed by atoms with Crippen molar-refractivity contribution < 1.29 is 42.5 Å². The highest BCUT2D eigenvalue weighted by atomic mass is 16.6. The van der Waals surface area contributed by atoms with Gasteiger partial charge in [-0.05, 0) is 49.7 Å². The Morgan fingerprint density at radius 2 is 1.71 bits per heavy atom. The van der Waals surface area contributed by atoms with Gasteiger partial charge < -0.3 is 23.4 Å². The van der Waals surface area contributed by atoms with Crippen molar-refractivity contribution in [1.29, 1.82) is 0 Å². The van der Waals surface area contributed by atoms with Gasteiger partial charge in [-0.2, -0.15) is 0 Å². The van der Waals surface area contributed by atoms with Crippen molar-refractivity contribution >= 4 is 23.7 Å². The molecule has 42 heavy (non-hydrogen) atoms. The Balaban J connectivity index is 1.67. The molecule has 2 aromatic heterocycles. The SMILES string of the molecule is CC(=O)OCC1(C)C2C[C@H](OC(C)=O)[C@@]3(C)Oc4cc(-c5cccnc5)oc(=O)c4C(=O)C3[C@@]2(C)CC[C@@H]1OC(C)=O. The number of fused-ring (bicyclic) bond motifs is 4. The Hall–Kier alpha value is -4.02. The molecular weight excluding hydrogens is 546 g/mol. The highest BCUT2D eigenvalue weighted by Crippen LogP contribution is 2.65. The Morgan fingerprint density at radius 1 is 1.02 bits per heavy atom. The molecule has 2 saturated carbocycles. The molecule has 0 N–H and O–H groups in total. The lowest BCUT2D eigenvalue weighted by molar-refractivity contribution is -0.240. The summed E-state index contributed by atoms with van der Waals surface area (Å²) in [5.74, 6) is -3.19. The maximum absolute atomic E-state index is 14.5. The summed E-state index contributed by atoms with van der Waals surface area (Å²) in [5, 5.41) is 0. The van der Waals surface area contributed by atoms with Crippen LogP contribution in [0.5, 0.6) is 5.75 Å². The molecule has 5 rings (SSSR count). The number of carbonyl (C=O) groups is 4. The van der Waals surface area contributed by atoms with E-state index in [0.717, 1.165) is 0 Å². The van der Waals surface area contributed by atoms with E-state index in [9.17, 15) is 24.0 Å². The van der Waals surface area contributed by atoms with Gasteiger partial charge in [-0.3, -0.25) is 24.2 Å². The lowest BCUT2D eigenvalue weighted by Crippen LogP contribution is -2.72. The Kier molecular flexibility index (Phi) is 7.27. The number of hydrogen-bond acceptors (Lipinski definition) is 11. The molecule has 2 fully saturated rings. The summed E-state index contributed by atoms with van der Waals surface area (Å²) in [6, 6.07) is 4.90. The Morgan fingerprint density at radius 3 is 2.33 bits per heavy atom. The number of pyridine rings is 1. The van der Waals surface area contributed by atoms with Crippen molar-refractivity contribution in [3.63, 3.8) is 0 Å². The molecule has 3 heterocycles. The van der Waals surface area contributed by atoms with E-state index in [1.165, 1.54) is 33.0 Å². The van der Waals surface area contributed by atoms with Crippen molar-refractivity contribution in [2.45, 2.75) is 78.6 Å². The minimum absolute atomic E-state index is 0.0457. The van der Waals surface area contributed by atoms with Gasteiger partial charge in [0.15, 0.2) is 11.4 Å². The highest BCUT2D eigenvalue weighted by Gasteiger charge is 2.71. The number of rotatable bonds is 5. The summed E-state index contributed by atoms with van der Waals surface area (Å²) in [7, 11) is 0. The lowest BCUT2D eigenvalue weighted by Gasteiger charge is -2.65. The molecule has 0 aromatic carbocycles. The molecule has 2 aliphatic carbocycles. The predicted molar refractivity (Wildman–Crippen MR) is 146 cm³/mol. The summed E-state index contributed by atoms with van der Waals surface area (Å²) in [6.07, 6.45) is 2.61. The number of ether oxygens (including phenoxy) is 4. The first-order chi connectivity index (χ1) is 19.7. The first kappa shape index (κ1) is 29.5. The molecule has 1 aliphatic heterocycles. The second-order valence-corrected chi connectivity index (χ2v) is 12.3. The van der Waals surface area contributed by atoms with Crippen LogP contribution < -0.4 is 10.4 Å². The third-order valence-electron chi connectivity index (χ3n) is 9.50. The first-order valence-electron chi connectivity index (χ1n) is 14.0. The summed E-state index contributed by atoms with van der Waals surface area (Å²) < 4.78 is 29.3. The Bertz CT molecular complexity index is 1500. The minimum Gasteiger partial charge on any atom is -0.482 e. The molecule has 2 aromatic rings. The molecule has 0 spiro atoms. The molecule has 0 amide bonds. The van der Waals surface area contributed by atoms with Gasteiger partial charge in [0.2, 0.25) is 0 Å². The number of Topliss-reactive ketones (excluding diaryl/α,β-unsaturated/α-hetero) is 1. The molecule has 11 heteroatoms. The zero-order valence-electron chi connectivity index (χ0n) is 24.6. The normalized spacial score (nSPS) is 33.2. The van der Waals surface area contributed by atoms with Crippen LogP contribution in [0.1, 0.15) is 71.2 Å². The van der Waals surface area contributed by atoms with Crippen LogP contribution in [0.25, 0.3) is 11.3 Å². The van der Waals surface area contributed by atoms with Crippen LogP contribution in [0.2, 0.25) is 0 Å². The van der Waals surface area contributed by atoms with Gasteiger partial charge >= 0.3 is 23.5 Å². The van der Waals surface area contributed by atoms with Gasteiger partial charge in [-0.25, -0.2) is 4.79 Å². The van der Waals surface area contributed by atoms with Crippen molar-refractivity contribution in [1.82, 2.24) is 4.98 Å². The van der Waals surface area contributed by atoms with Crippen molar-refractivity contribution in [2.24, 2.45) is 22.7 Å². The van der Waals surface area contributed by atoms with Crippen molar-refractivity contribution in [3.8, 4) is 17.1 Å². The molecule has 0 bridgehead atoms. The quantitative estimate of drug-likeness (QED) is 0.374. The maximum atomic E-state index is 14.5. The number of ketones is 1. The van der Waals surface area contributed by atoms with Crippen LogP contribution in [0.4, 0.5) is 0 Å². The van der Waals surface area contributed by atoms with Gasteiger partial charge in [0.1, 0.15) is 35.9 Å². The predicted octanol–water partition coefficient (Wildman–Crippen LogP) is 3.90. The van der Waals surface area contributed by atoms with Crippen molar-refractivity contribution in [2.75, 3.05) is 6.61 Å². The lowest BCUT2D eigenvalue weighted by atomic mass is 9.43. The number of carbonyl (C=O) groups excluding carboxylic acids is 4. The van der Waals surface area contributed by atoms with E-state index in [4.69, 9.17) is 23.4 Å². The van der Waals surface area contributed by atoms with Crippen LogP contribution in [0, 0.1) is 22.7 Å². The van der Waals surface area contributed by atoms with Crippen LogP contribution in [0.3, 0.4) is 0 Å². The number of aromatic nitrogens is 1. The number of nitrogens with zero attached hydrogens (tertiary/aromatic N) is 1. The van der Waals surface area contributed by atoms with Gasteiger partial charge in [-0.1, -0.05) is 13.8 Å². The fraction of sp³-hybridized carbons (Fsp3) is 0.548. The fourth-order valence-electron chi connectivity index (χ4n) is 7.80. The van der Waals surface area contributed by atoms with Crippen LogP contribution >= 0.6 is 0 Å². The van der Waals surface area contributed by atoms with Gasteiger partial charge in [0, 0.05) is 50.2 Å². The zero-order chi connectivity index (χ0) is 30.6. The minimum atomic E-state index is -1.35. The third kappa shape index (κ3) is 4.68. The molecule has 7 atom stereocenters. The van der Waals surface area contributed by atoms with E-state index in [2.05, 4.69) is 4.98 Å². The molecule has 0 radical (unpaired) electrons. The van der Waals surface area contributed by atoms with Gasteiger partial charge in [-0.15, -0.1) is 0 Å². The molecule has 3 aliphatic rings. The topological polar surface area (TPSA) is 148 Å². The molecular formula is C31H35NO10. The second-order valence-electron chi connectivity index (χ2n) is 12.3. The van der Waals surface area contributed by atoms with Crippen molar-refractivity contribution in [3.05, 3.63) is 46.6 Å². The second kappa shape index (κ2) is 10.4. The standard InChI is InChI=1S/C31H35NO10/c1-16(33)38-15-30(5)22-13-24(40-18(3)35)31(6)27(29(22,4)10-9-23(30)39-17(2)34)26(36)25-21(42-31)12-20(41-28(25)37)19-8-7-11-32-14-19/h7-8,11-12,14,22-24,27H,9-10,13,15H2,1-6H3/t22?,23-,24-,27?,29-,30?,31+/m0/s1. The maximum Gasteiger partial charge on any atom is 0.351 e. The third-order valence-corrected chi connectivity index (χ3v) is 9.50. The molecule has 224 valence electrons. The summed E-state index contributed by atoms with van der Waals surface area (Å²) in [4.78, 5) is 68.3. The highest BCUT2D eigenvalue weighted by molar-refractivity contribution is 6.02. The van der Waals surface area contributed by atoms with Crippen LogP contribution in [-0.2, 0) is 28.6 Å².